The van der Waals surface area contributed by atoms with E-state index in [0.717, 1.165) is 34.2 Å². The SMILES string of the molecule is CCOc1cc(C)c(/C=C2/SC(=O)N(CCOC)C2=O)cc1C(C)C. The standard InChI is InChI=1S/C19H25NO4S/c1-6-24-16-9-13(4)14(10-15(16)12(2)3)11-17-18(21)20(7-8-23-5)19(22)25-17/h9-12H,6-8H2,1-5H3/b17-11+. The molecule has 1 fully saturated rings. The van der Waals surface area contributed by atoms with Crippen molar-refractivity contribution in [2.45, 2.75) is 33.6 Å². The number of hydrogen-bond donors (Lipinski definition) is 0. The molecule has 1 aliphatic heterocycles. The van der Waals surface area contributed by atoms with Crippen LogP contribution in [0.5, 0.6) is 5.75 Å². The zero-order valence-electron chi connectivity index (χ0n) is 15.4. The lowest BCUT2D eigenvalue weighted by molar-refractivity contribution is -0.123. The maximum absolute atomic E-state index is 12.5. The fourth-order valence-corrected chi connectivity index (χ4v) is 3.48. The van der Waals surface area contributed by atoms with Gasteiger partial charge in [-0.25, -0.2) is 0 Å². The molecule has 25 heavy (non-hydrogen) atoms. The summed E-state index contributed by atoms with van der Waals surface area (Å²) in [6.07, 6.45) is 1.80. The Hall–Kier alpha value is -1.79. The minimum Gasteiger partial charge on any atom is -0.494 e. The van der Waals surface area contributed by atoms with Crippen LogP contribution in [0.2, 0.25) is 0 Å². The van der Waals surface area contributed by atoms with Crippen LogP contribution < -0.4 is 4.74 Å². The van der Waals surface area contributed by atoms with Crippen molar-refractivity contribution in [2.24, 2.45) is 0 Å². The van der Waals surface area contributed by atoms with Crippen LogP contribution in [0.15, 0.2) is 17.0 Å². The Balaban J connectivity index is 2.36. The van der Waals surface area contributed by atoms with E-state index in [4.69, 9.17) is 9.47 Å². The monoisotopic (exact) mass is 363 g/mol. The molecular weight excluding hydrogens is 338 g/mol. The van der Waals surface area contributed by atoms with Gasteiger partial charge in [-0.2, -0.15) is 0 Å². The van der Waals surface area contributed by atoms with Crippen LogP contribution >= 0.6 is 11.8 Å². The van der Waals surface area contributed by atoms with E-state index in [0.29, 0.717) is 24.0 Å². The first-order valence-electron chi connectivity index (χ1n) is 8.40. The predicted molar refractivity (Wildman–Crippen MR) is 101 cm³/mol. The number of benzene rings is 1. The van der Waals surface area contributed by atoms with Crippen molar-refractivity contribution in [3.8, 4) is 5.75 Å². The smallest absolute Gasteiger partial charge is 0.293 e. The summed E-state index contributed by atoms with van der Waals surface area (Å²) in [5.74, 6) is 0.915. The number of imide groups is 1. The van der Waals surface area contributed by atoms with E-state index in [2.05, 4.69) is 13.8 Å². The Bertz CT molecular complexity index is 697. The third-order valence-electron chi connectivity index (χ3n) is 4.00. The lowest BCUT2D eigenvalue weighted by Crippen LogP contribution is -2.31. The average molecular weight is 363 g/mol. The maximum atomic E-state index is 12.5. The summed E-state index contributed by atoms with van der Waals surface area (Å²) in [5, 5.41) is -0.249. The van der Waals surface area contributed by atoms with Gasteiger partial charge < -0.3 is 9.47 Å². The second-order valence-electron chi connectivity index (χ2n) is 6.16. The molecule has 0 bridgehead atoms. The van der Waals surface area contributed by atoms with Gasteiger partial charge in [-0.15, -0.1) is 0 Å². The van der Waals surface area contributed by atoms with Gasteiger partial charge in [0.1, 0.15) is 5.75 Å². The number of aryl methyl sites for hydroxylation is 1. The van der Waals surface area contributed by atoms with Crippen LogP contribution in [-0.4, -0.2) is 42.9 Å². The predicted octanol–water partition coefficient (Wildman–Crippen LogP) is 4.20. The van der Waals surface area contributed by atoms with Crippen LogP contribution in [0.3, 0.4) is 0 Å². The molecule has 0 unspecified atom stereocenters. The summed E-state index contributed by atoms with van der Waals surface area (Å²) in [6.45, 7) is 9.38. The van der Waals surface area contributed by atoms with Crippen LogP contribution in [0.1, 0.15) is 43.4 Å². The molecule has 0 atom stereocenters. The number of ether oxygens (including phenoxy) is 2. The number of hydrogen-bond acceptors (Lipinski definition) is 5. The van der Waals surface area contributed by atoms with Gasteiger partial charge in [0.05, 0.1) is 24.7 Å². The largest absolute Gasteiger partial charge is 0.494 e. The normalized spacial score (nSPS) is 16.4. The second-order valence-corrected chi connectivity index (χ2v) is 7.15. The molecule has 0 saturated carbocycles. The van der Waals surface area contributed by atoms with Gasteiger partial charge in [0, 0.05) is 7.11 Å². The minimum absolute atomic E-state index is 0.249. The molecule has 0 aromatic heterocycles. The van der Waals surface area contributed by atoms with E-state index in [1.165, 1.54) is 4.90 Å². The van der Waals surface area contributed by atoms with Gasteiger partial charge >= 0.3 is 0 Å². The molecule has 0 aliphatic carbocycles. The molecule has 1 heterocycles. The molecule has 1 aromatic carbocycles. The number of amides is 2. The van der Waals surface area contributed by atoms with Crippen molar-refractivity contribution in [3.63, 3.8) is 0 Å². The fraction of sp³-hybridized carbons (Fsp3) is 0.474. The highest BCUT2D eigenvalue weighted by Crippen LogP contribution is 2.35. The van der Waals surface area contributed by atoms with Crippen molar-refractivity contribution < 1.29 is 19.1 Å². The highest BCUT2D eigenvalue weighted by atomic mass is 32.2. The summed E-state index contributed by atoms with van der Waals surface area (Å²) in [7, 11) is 1.55. The molecular formula is C19H25NO4S. The molecule has 0 radical (unpaired) electrons. The van der Waals surface area contributed by atoms with Gasteiger partial charge in [0.15, 0.2) is 0 Å². The Morgan fingerprint density at radius 1 is 1.28 bits per heavy atom. The van der Waals surface area contributed by atoms with Gasteiger partial charge in [-0.3, -0.25) is 14.5 Å². The van der Waals surface area contributed by atoms with Crippen molar-refractivity contribution in [3.05, 3.63) is 33.7 Å². The summed E-state index contributed by atoms with van der Waals surface area (Å²) in [5.41, 5.74) is 3.04. The summed E-state index contributed by atoms with van der Waals surface area (Å²) in [4.78, 5) is 26.2. The number of carbonyl (C=O) groups excluding carboxylic acids is 2. The summed E-state index contributed by atoms with van der Waals surface area (Å²) >= 11 is 0.976. The zero-order chi connectivity index (χ0) is 18.6. The minimum atomic E-state index is -0.258. The van der Waals surface area contributed by atoms with Gasteiger partial charge in [-0.05, 0) is 66.4 Å². The third-order valence-corrected chi connectivity index (χ3v) is 4.91. The van der Waals surface area contributed by atoms with Crippen LogP contribution in [0.25, 0.3) is 6.08 Å². The lowest BCUT2D eigenvalue weighted by atomic mass is 9.96. The van der Waals surface area contributed by atoms with E-state index in [1.807, 2.05) is 26.0 Å². The van der Waals surface area contributed by atoms with Gasteiger partial charge in [0.2, 0.25) is 0 Å². The summed E-state index contributed by atoms with van der Waals surface area (Å²) < 4.78 is 10.7. The molecule has 0 spiro atoms. The lowest BCUT2D eigenvalue weighted by Gasteiger charge is -2.16. The number of thioether (sulfide) groups is 1. The molecule has 1 aromatic rings. The molecule has 136 valence electrons. The van der Waals surface area contributed by atoms with E-state index in [1.54, 1.807) is 13.2 Å². The number of nitrogens with zero attached hydrogens (tertiary/aromatic N) is 1. The van der Waals surface area contributed by atoms with E-state index in [-0.39, 0.29) is 17.7 Å². The highest BCUT2D eigenvalue weighted by Gasteiger charge is 2.34. The first-order valence-corrected chi connectivity index (χ1v) is 9.22. The highest BCUT2D eigenvalue weighted by molar-refractivity contribution is 8.18. The summed E-state index contributed by atoms with van der Waals surface area (Å²) in [6, 6.07) is 4.05. The fourth-order valence-electron chi connectivity index (χ4n) is 2.62. The topological polar surface area (TPSA) is 55.8 Å². The quantitative estimate of drug-likeness (QED) is 0.680. The molecule has 6 heteroatoms. The molecule has 1 saturated heterocycles. The molecule has 2 rings (SSSR count). The Morgan fingerprint density at radius 2 is 2.00 bits per heavy atom. The molecule has 1 aliphatic rings. The number of carbonyl (C=O) groups is 2. The van der Waals surface area contributed by atoms with Crippen molar-refractivity contribution >= 4 is 29.0 Å². The Morgan fingerprint density at radius 3 is 2.60 bits per heavy atom. The Labute approximate surface area is 153 Å². The molecule has 2 amide bonds. The van der Waals surface area contributed by atoms with Gasteiger partial charge in [-0.1, -0.05) is 13.8 Å². The van der Waals surface area contributed by atoms with Gasteiger partial charge in [0.25, 0.3) is 11.1 Å². The molecule has 5 nitrogen and oxygen atoms in total. The maximum Gasteiger partial charge on any atom is 0.293 e. The van der Waals surface area contributed by atoms with Crippen molar-refractivity contribution in [2.75, 3.05) is 26.9 Å². The first kappa shape index (κ1) is 19.5. The van der Waals surface area contributed by atoms with E-state index >= 15 is 0 Å². The van der Waals surface area contributed by atoms with E-state index < -0.39 is 0 Å². The Kier molecular flexibility index (Phi) is 6.67. The number of rotatable bonds is 7. The van der Waals surface area contributed by atoms with Crippen molar-refractivity contribution in [1.82, 2.24) is 4.90 Å². The third kappa shape index (κ3) is 4.44. The average Bonchev–Trinajstić information content (AvgIpc) is 2.81. The van der Waals surface area contributed by atoms with E-state index in [9.17, 15) is 9.59 Å². The zero-order valence-corrected chi connectivity index (χ0v) is 16.2. The van der Waals surface area contributed by atoms with Crippen LogP contribution in [-0.2, 0) is 9.53 Å². The second kappa shape index (κ2) is 8.54. The van der Waals surface area contributed by atoms with Crippen molar-refractivity contribution in [1.29, 1.82) is 0 Å². The number of methoxy groups -OCH3 is 1. The van der Waals surface area contributed by atoms with Crippen LogP contribution in [0, 0.1) is 6.92 Å². The molecule has 0 N–H and O–H groups in total. The van der Waals surface area contributed by atoms with Crippen LogP contribution in [0.4, 0.5) is 4.79 Å². The first-order chi connectivity index (χ1) is 11.9.